The second-order valence-electron chi connectivity index (χ2n) is 16.6. The molecule has 0 fully saturated rings. The first-order valence-corrected chi connectivity index (χ1v) is 21.4. The lowest BCUT2D eigenvalue weighted by atomic mass is 10.1. The summed E-state index contributed by atoms with van der Waals surface area (Å²) in [6, 6.07) is 75.5. The summed E-state index contributed by atoms with van der Waals surface area (Å²) in [6.07, 6.45) is 0. The number of hydrogen-bond donors (Lipinski definition) is 0. The van der Waals surface area contributed by atoms with Crippen LogP contribution in [0, 0.1) is 27.7 Å². The quantitative estimate of drug-likeness (QED) is 0.152. The average molecular weight is 799 g/mol. The van der Waals surface area contributed by atoms with Crippen LogP contribution in [0.5, 0.6) is 0 Å². The van der Waals surface area contributed by atoms with Crippen molar-refractivity contribution in [2.45, 2.75) is 27.7 Å². The molecule has 11 rings (SSSR count). The third-order valence-electron chi connectivity index (χ3n) is 12.3. The van der Waals surface area contributed by atoms with Gasteiger partial charge in [0.2, 0.25) is 0 Å². The van der Waals surface area contributed by atoms with Gasteiger partial charge in [-0.3, -0.25) is 0 Å². The first-order chi connectivity index (χ1) is 30.4. The van der Waals surface area contributed by atoms with Crippen LogP contribution >= 0.6 is 0 Å². The molecule has 0 aliphatic rings. The zero-order valence-corrected chi connectivity index (χ0v) is 35.4. The second kappa shape index (κ2) is 15.0. The molecule has 4 heteroatoms. The summed E-state index contributed by atoms with van der Waals surface area (Å²) in [7, 11) is 0. The van der Waals surface area contributed by atoms with E-state index in [9.17, 15) is 0 Å². The van der Waals surface area contributed by atoms with Crippen molar-refractivity contribution < 1.29 is 0 Å². The molecule has 0 N–H and O–H groups in total. The summed E-state index contributed by atoms with van der Waals surface area (Å²) in [5.74, 6) is 0. The molecule has 4 nitrogen and oxygen atoms in total. The molecule has 62 heavy (non-hydrogen) atoms. The van der Waals surface area contributed by atoms with Crippen molar-refractivity contribution in [3.63, 3.8) is 0 Å². The molecule has 2 aromatic heterocycles. The van der Waals surface area contributed by atoms with Gasteiger partial charge >= 0.3 is 0 Å². The lowest BCUT2D eigenvalue weighted by Crippen LogP contribution is -2.10. The minimum atomic E-state index is 1.11. The van der Waals surface area contributed by atoms with Gasteiger partial charge in [0, 0.05) is 67.0 Å². The van der Waals surface area contributed by atoms with E-state index in [1.165, 1.54) is 65.9 Å². The van der Waals surface area contributed by atoms with Crippen molar-refractivity contribution in [2.24, 2.45) is 0 Å². The molecule has 0 unspecified atom stereocenters. The van der Waals surface area contributed by atoms with Gasteiger partial charge in [0.25, 0.3) is 0 Å². The van der Waals surface area contributed by atoms with E-state index in [0.717, 1.165) is 45.5 Å². The predicted octanol–water partition coefficient (Wildman–Crippen LogP) is 16.1. The monoisotopic (exact) mass is 798 g/mol. The highest BCUT2D eigenvalue weighted by Gasteiger charge is 2.21. The maximum atomic E-state index is 2.45. The normalized spacial score (nSPS) is 11.5. The van der Waals surface area contributed by atoms with Crippen LogP contribution in [0.3, 0.4) is 0 Å². The molecule has 0 aliphatic carbocycles. The van der Waals surface area contributed by atoms with Gasteiger partial charge in [-0.25, -0.2) is 0 Å². The fraction of sp³-hybridized carbons (Fsp3) is 0.0690. The number of benzene rings is 9. The van der Waals surface area contributed by atoms with Gasteiger partial charge < -0.3 is 18.9 Å². The van der Waals surface area contributed by atoms with Gasteiger partial charge in [-0.05, 0) is 161 Å². The van der Waals surface area contributed by atoms with Crippen molar-refractivity contribution >= 4 is 77.7 Å². The maximum absolute atomic E-state index is 2.45. The van der Waals surface area contributed by atoms with Crippen LogP contribution in [0.25, 0.3) is 55.0 Å². The lowest BCUT2D eigenvalue weighted by molar-refractivity contribution is 1.17. The Hall–Kier alpha value is -7.82. The number of anilines is 6. The highest BCUT2D eigenvalue weighted by atomic mass is 15.1. The Kier molecular flexibility index (Phi) is 9.01. The van der Waals surface area contributed by atoms with E-state index in [4.69, 9.17) is 0 Å². The Labute approximate surface area is 362 Å². The van der Waals surface area contributed by atoms with Crippen molar-refractivity contribution in [1.29, 1.82) is 0 Å². The smallest absolute Gasteiger partial charge is 0.0548 e. The molecule has 298 valence electrons. The van der Waals surface area contributed by atoms with Crippen LogP contribution in [0.1, 0.15) is 22.3 Å². The third-order valence-corrected chi connectivity index (χ3v) is 12.3. The zero-order chi connectivity index (χ0) is 41.9. The molecule has 11 aromatic rings. The van der Waals surface area contributed by atoms with Crippen LogP contribution in [0.2, 0.25) is 0 Å². The fourth-order valence-corrected chi connectivity index (χ4v) is 9.25. The summed E-state index contributed by atoms with van der Waals surface area (Å²) in [6.45, 7) is 8.65. The van der Waals surface area contributed by atoms with E-state index in [-0.39, 0.29) is 0 Å². The zero-order valence-electron chi connectivity index (χ0n) is 35.4. The largest absolute Gasteiger partial charge is 0.311 e. The summed E-state index contributed by atoms with van der Waals surface area (Å²) < 4.78 is 4.89. The third kappa shape index (κ3) is 6.40. The molecule has 0 radical (unpaired) electrons. The van der Waals surface area contributed by atoms with Crippen molar-refractivity contribution in [3.8, 4) is 11.4 Å². The molecular weight excluding hydrogens is 753 g/mol. The van der Waals surface area contributed by atoms with Gasteiger partial charge in [-0.1, -0.05) is 95.1 Å². The van der Waals surface area contributed by atoms with E-state index >= 15 is 0 Å². The molecule has 0 bridgehead atoms. The molecule has 9 aromatic carbocycles. The number of fused-ring (bicyclic) bond motifs is 6. The van der Waals surface area contributed by atoms with Crippen molar-refractivity contribution in [3.05, 3.63) is 229 Å². The standard InChI is InChI=1S/C58H46N4/c1-39-15-21-45(22-16-39)59(43-11-7-5-8-12-43)47-25-29-49(30-26-47)61-55-33-19-41(3)35-51(55)53-38-58-54(37-57(53)61)52-36-42(4)20-34-56(52)62(58)50-31-27-48(28-32-50)60(44-13-9-6-10-14-44)46-23-17-40(2)18-24-46/h5-38H,1-4H3. The number of rotatable bonds is 8. The van der Waals surface area contributed by atoms with Crippen LogP contribution < -0.4 is 9.80 Å². The Bertz CT molecular complexity index is 3160. The van der Waals surface area contributed by atoms with Crippen molar-refractivity contribution in [1.82, 2.24) is 9.13 Å². The molecule has 0 saturated carbocycles. The summed E-state index contributed by atoms with van der Waals surface area (Å²) in [5, 5.41) is 4.96. The van der Waals surface area contributed by atoms with Crippen LogP contribution in [-0.4, -0.2) is 9.13 Å². The Morgan fingerprint density at radius 1 is 0.258 bits per heavy atom. The number of aryl methyl sites for hydroxylation is 4. The van der Waals surface area contributed by atoms with Crippen LogP contribution in [0.15, 0.2) is 206 Å². The van der Waals surface area contributed by atoms with Crippen LogP contribution in [0.4, 0.5) is 34.1 Å². The van der Waals surface area contributed by atoms with Gasteiger partial charge in [0.1, 0.15) is 0 Å². The van der Waals surface area contributed by atoms with Gasteiger partial charge in [0.15, 0.2) is 0 Å². The molecule has 0 amide bonds. The number of nitrogens with zero attached hydrogens (tertiary/aromatic N) is 4. The highest BCUT2D eigenvalue weighted by Crippen LogP contribution is 2.42. The average Bonchev–Trinajstić information content (AvgIpc) is 3.79. The predicted molar refractivity (Wildman–Crippen MR) is 263 cm³/mol. The minimum absolute atomic E-state index is 1.11. The van der Waals surface area contributed by atoms with Gasteiger partial charge in [0.05, 0.1) is 22.1 Å². The molecule has 0 atom stereocenters. The van der Waals surface area contributed by atoms with Crippen LogP contribution in [-0.2, 0) is 0 Å². The molecule has 0 saturated heterocycles. The Morgan fingerprint density at radius 3 is 0.903 bits per heavy atom. The molecule has 0 spiro atoms. The van der Waals surface area contributed by atoms with Gasteiger partial charge in [-0.15, -0.1) is 0 Å². The summed E-state index contributed by atoms with van der Waals surface area (Å²) in [4.78, 5) is 4.65. The van der Waals surface area contributed by atoms with E-state index in [1.807, 2.05) is 0 Å². The summed E-state index contributed by atoms with van der Waals surface area (Å²) in [5.41, 5.74) is 18.7. The molecule has 2 heterocycles. The number of para-hydroxylation sites is 2. The molecular formula is C58H46N4. The highest BCUT2D eigenvalue weighted by molar-refractivity contribution is 6.19. The summed E-state index contributed by atoms with van der Waals surface area (Å²) >= 11 is 0. The molecule has 0 aliphatic heterocycles. The fourth-order valence-electron chi connectivity index (χ4n) is 9.25. The first-order valence-electron chi connectivity index (χ1n) is 21.4. The van der Waals surface area contributed by atoms with E-state index in [1.54, 1.807) is 0 Å². The maximum Gasteiger partial charge on any atom is 0.0548 e. The Morgan fingerprint density at radius 2 is 0.548 bits per heavy atom. The minimum Gasteiger partial charge on any atom is -0.311 e. The van der Waals surface area contributed by atoms with Gasteiger partial charge in [-0.2, -0.15) is 0 Å². The second-order valence-corrected chi connectivity index (χ2v) is 16.6. The first kappa shape index (κ1) is 37.2. The topological polar surface area (TPSA) is 16.3 Å². The Balaban J connectivity index is 1.07. The number of aromatic nitrogens is 2. The van der Waals surface area contributed by atoms with E-state index in [0.29, 0.717) is 0 Å². The van der Waals surface area contributed by atoms with E-state index < -0.39 is 0 Å². The van der Waals surface area contributed by atoms with E-state index in [2.05, 4.69) is 253 Å². The lowest BCUT2D eigenvalue weighted by Gasteiger charge is -2.26. The number of hydrogen-bond acceptors (Lipinski definition) is 2. The SMILES string of the molecule is Cc1ccc(N(c2ccccc2)c2ccc(-n3c4ccc(C)cc4c4cc5c(cc43)c3cc(C)ccc3n5-c3ccc(N(c4ccccc4)c4ccc(C)cc4)cc3)cc2)cc1. The van der Waals surface area contributed by atoms with Crippen molar-refractivity contribution in [2.75, 3.05) is 9.80 Å².